The molecule has 0 spiro atoms. The molecule has 4 saturated carbocycles. The van der Waals surface area contributed by atoms with E-state index in [1.165, 1.54) is 52.1 Å². The van der Waals surface area contributed by atoms with Crippen LogP contribution >= 0.6 is 0 Å². The van der Waals surface area contributed by atoms with E-state index in [4.69, 9.17) is 4.74 Å². The summed E-state index contributed by atoms with van der Waals surface area (Å²) in [5.41, 5.74) is 2.27. The second kappa shape index (κ2) is 10.5. The lowest BCUT2D eigenvalue weighted by Gasteiger charge is -2.63. The van der Waals surface area contributed by atoms with Gasteiger partial charge in [-0.2, -0.15) is 0 Å². The van der Waals surface area contributed by atoms with Crippen molar-refractivity contribution in [2.75, 3.05) is 19.0 Å². The van der Waals surface area contributed by atoms with E-state index in [1.54, 1.807) is 12.4 Å². The molecule has 1 aromatic rings. The van der Waals surface area contributed by atoms with Gasteiger partial charge in [-0.05, 0) is 116 Å². The number of anilines is 1. The molecule has 1 heterocycles. The summed E-state index contributed by atoms with van der Waals surface area (Å²) in [6, 6.07) is 1.84. The van der Waals surface area contributed by atoms with Crippen LogP contribution in [-0.2, 0) is 4.74 Å². The first-order valence-corrected chi connectivity index (χ1v) is 15.2. The fourth-order valence-corrected chi connectivity index (χ4v) is 10.3. The minimum absolute atomic E-state index is 0.0680. The molecule has 5 heteroatoms. The molecule has 2 N–H and O–H groups in total. The van der Waals surface area contributed by atoms with Crippen molar-refractivity contribution in [3.05, 3.63) is 24.0 Å². The van der Waals surface area contributed by atoms with Crippen molar-refractivity contribution < 1.29 is 14.6 Å². The number of pyridine rings is 1. The fourth-order valence-electron chi connectivity index (χ4n) is 10.3. The molecular formula is C32H50N2O3. The molecule has 0 bridgehead atoms. The van der Waals surface area contributed by atoms with Crippen LogP contribution < -0.4 is 5.32 Å². The number of carbonyl (C=O) groups is 1. The van der Waals surface area contributed by atoms with Gasteiger partial charge in [0, 0.05) is 18.9 Å². The number of carbonyl (C=O) groups excluding carboxylic acids is 1. The number of ether oxygens (including phenoxy) is 1. The molecule has 5 rings (SSSR count). The van der Waals surface area contributed by atoms with E-state index in [0.717, 1.165) is 67.0 Å². The molecule has 4 fully saturated rings. The van der Waals surface area contributed by atoms with Crippen molar-refractivity contribution in [2.45, 2.75) is 98.0 Å². The largest absolute Gasteiger partial charge is 0.465 e. The first-order chi connectivity index (χ1) is 17.7. The number of fused-ring (bicyclic) bond motifs is 5. The van der Waals surface area contributed by atoms with Crippen LogP contribution in [0.4, 0.5) is 5.69 Å². The highest BCUT2D eigenvalue weighted by atomic mass is 16.5. The number of methoxy groups -OCH3 is 1. The molecule has 0 radical (unpaired) electrons. The third-order valence-electron chi connectivity index (χ3n) is 12.2. The third kappa shape index (κ3) is 4.72. The zero-order chi connectivity index (χ0) is 26.4. The highest BCUT2D eigenvalue weighted by molar-refractivity contribution is 5.89. The van der Waals surface area contributed by atoms with Gasteiger partial charge in [-0.1, -0.05) is 34.1 Å². The molecule has 37 heavy (non-hydrogen) atoms. The van der Waals surface area contributed by atoms with Crippen molar-refractivity contribution in [1.29, 1.82) is 0 Å². The molecule has 0 saturated heterocycles. The Balaban J connectivity index is 1.24. The number of hydrogen-bond donors (Lipinski definition) is 2. The molecule has 206 valence electrons. The lowest BCUT2D eigenvalue weighted by molar-refractivity contribution is -0.152. The topological polar surface area (TPSA) is 71.5 Å². The normalized spacial score (nSPS) is 41.7. The van der Waals surface area contributed by atoms with Crippen molar-refractivity contribution in [3.63, 3.8) is 0 Å². The summed E-state index contributed by atoms with van der Waals surface area (Å²) in [5.74, 6) is 5.24. The highest BCUT2D eigenvalue weighted by Crippen LogP contribution is 2.69. The van der Waals surface area contributed by atoms with E-state index >= 15 is 0 Å². The smallest absolute Gasteiger partial charge is 0.339 e. The maximum atomic E-state index is 11.8. The zero-order valence-electron chi connectivity index (χ0n) is 23.8. The van der Waals surface area contributed by atoms with Crippen LogP contribution in [0.25, 0.3) is 0 Å². The van der Waals surface area contributed by atoms with Gasteiger partial charge in [0.1, 0.15) is 0 Å². The van der Waals surface area contributed by atoms with Crippen molar-refractivity contribution in [2.24, 2.45) is 52.3 Å². The van der Waals surface area contributed by atoms with E-state index < -0.39 is 0 Å². The summed E-state index contributed by atoms with van der Waals surface area (Å²) in [4.78, 5) is 16.0. The Bertz CT molecular complexity index is 967. The third-order valence-corrected chi connectivity index (χ3v) is 12.2. The number of esters is 1. The Morgan fingerprint density at radius 2 is 1.86 bits per heavy atom. The number of aliphatic hydroxyl groups is 1. The summed E-state index contributed by atoms with van der Waals surface area (Å²) < 4.78 is 4.84. The predicted octanol–water partition coefficient (Wildman–Crippen LogP) is 6.96. The molecule has 4 aliphatic carbocycles. The van der Waals surface area contributed by atoms with Crippen LogP contribution in [0.15, 0.2) is 18.5 Å². The van der Waals surface area contributed by atoms with Gasteiger partial charge in [0.25, 0.3) is 0 Å². The lowest BCUT2D eigenvalue weighted by Crippen LogP contribution is -2.56. The summed E-state index contributed by atoms with van der Waals surface area (Å²) in [7, 11) is 1.40. The summed E-state index contributed by atoms with van der Waals surface area (Å²) in [6.07, 6.45) is 15.9. The quantitative estimate of drug-likeness (QED) is 0.388. The molecule has 0 aliphatic heterocycles. The van der Waals surface area contributed by atoms with Gasteiger partial charge in [0.2, 0.25) is 0 Å². The Kier molecular flexibility index (Phi) is 7.66. The van der Waals surface area contributed by atoms with Crippen LogP contribution in [0.5, 0.6) is 0 Å². The summed E-state index contributed by atoms with van der Waals surface area (Å²) >= 11 is 0. The van der Waals surface area contributed by atoms with E-state index in [9.17, 15) is 9.90 Å². The van der Waals surface area contributed by atoms with Crippen LogP contribution in [0.3, 0.4) is 0 Å². The molecule has 5 nitrogen and oxygen atoms in total. The van der Waals surface area contributed by atoms with E-state index in [-0.39, 0.29) is 12.1 Å². The van der Waals surface area contributed by atoms with Gasteiger partial charge >= 0.3 is 5.97 Å². The van der Waals surface area contributed by atoms with Crippen molar-refractivity contribution in [1.82, 2.24) is 4.98 Å². The number of nitrogens with zero attached hydrogens (tertiary/aromatic N) is 1. The van der Waals surface area contributed by atoms with Gasteiger partial charge in [-0.15, -0.1) is 0 Å². The highest BCUT2D eigenvalue weighted by Gasteiger charge is 2.62. The molecule has 0 amide bonds. The Morgan fingerprint density at radius 3 is 2.62 bits per heavy atom. The number of nitrogens with one attached hydrogen (secondary N) is 1. The first kappa shape index (κ1) is 27.0. The number of aromatic nitrogens is 1. The Hall–Kier alpha value is -1.62. The van der Waals surface area contributed by atoms with Crippen LogP contribution in [0.1, 0.15) is 102 Å². The summed E-state index contributed by atoms with van der Waals surface area (Å²) in [6.45, 7) is 11.1. The van der Waals surface area contributed by atoms with Gasteiger partial charge < -0.3 is 15.2 Å². The molecular weight excluding hydrogens is 460 g/mol. The first-order valence-electron chi connectivity index (χ1n) is 15.2. The van der Waals surface area contributed by atoms with E-state index in [0.29, 0.717) is 22.3 Å². The average Bonchev–Trinajstić information content (AvgIpc) is 3.26. The van der Waals surface area contributed by atoms with Gasteiger partial charge in [-0.25, -0.2) is 4.79 Å². The molecule has 10 atom stereocenters. The zero-order valence-corrected chi connectivity index (χ0v) is 23.8. The van der Waals surface area contributed by atoms with Gasteiger partial charge in [0.05, 0.1) is 24.5 Å². The minimum atomic E-state index is -0.345. The number of rotatable bonds is 7. The Morgan fingerprint density at radius 1 is 1.11 bits per heavy atom. The van der Waals surface area contributed by atoms with Crippen molar-refractivity contribution >= 4 is 11.7 Å². The van der Waals surface area contributed by atoms with E-state index in [1.807, 2.05) is 6.07 Å². The number of aliphatic hydroxyl groups excluding tert-OH is 1. The number of hydrogen-bond acceptors (Lipinski definition) is 5. The monoisotopic (exact) mass is 510 g/mol. The average molecular weight is 511 g/mol. The van der Waals surface area contributed by atoms with Gasteiger partial charge in [0.15, 0.2) is 0 Å². The molecule has 0 aromatic carbocycles. The Labute approximate surface area is 224 Å². The molecule has 0 unspecified atom stereocenters. The second-order valence-corrected chi connectivity index (χ2v) is 13.7. The SMILES string of the molecule is CC[C@H]1C[C@@H]2[C@H](CC[C@]3(C)[C@@H]([C@H](C)CCNc4cncc(C(=O)OC)c4)CC[C@@H]23)[C@@]2(C)CC[C@@H](O)C[C@@H]12. The minimum Gasteiger partial charge on any atom is -0.465 e. The van der Waals surface area contributed by atoms with E-state index in [2.05, 4.69) is 38.0 Å². The van der Waals surface area contributed by atoms with Crippen LogP contribution in [-0.4, -0.2) is 35.8 Å². The maximum absolute atomic E-state index is 11.8. The predicted molar refractivity (Wildman–Crippen MR) is 148 cm³/mol. The molecule has 1 aromatic heterocycles. The van der Waals surface area contributed by atoms with Crippen LogP contribution in [0, 0.1) is 52.3 Å². The fraction of sp³-hybridized carbons (Fsp3) is 0.812. The standard InChI is InChI=1S/C32H50N2O3/c1-6-21-16-25-27-8-7-26(20(2)11-14-34-23-15-22(18-33-19-23)30(36)37-5)31(27,3)13-10-28(25)32(4)12-9-24(35)17-29(21)32/h15,18-21,24-29,34-35H,6-14,16-17H2,1-5H3/t20-,21+,24-,25+,26-,27+,28+,29+,31-,32-/m1/s1. The summed E-state index contributed by atoms with van der Waals surface area (Å²) in [5, 5.41) is 14.0. The lowest BCUT2D eigenvalue weighted by atomic mass is 9.42. The van der Waals surface area contributed by atoms with Gasteiger partial charge in [-0.3, -0.25) is 4.98 Å². The maximum Gasteiger partial charge on any atom is 0.339 e. The van der Waals surface area contributed by atoms with Crippen molar-refractivity contribution in [3.8, 4) is 0 Å². The van der Waals surface area contributed by atoms with Crippen LogP contribution in [0.2, 0.25) is 0 Å². The molecule has 4 aliphatic rings. The second-order valence-electron chi connectivity index (χ2n) is 13.7.